The van der Waals surface area contributed by atoms with Crippen LogP contribution in [0, 0.1) is 0 Å². The van der Waals surface area contributed by atoms with Crippen molar-refractivity contribution in [3.8, 4) is 0 Å². The number of benzene rings is 1. The minimum absolute atomic E-state index is 0.0329. The highest BCUT2D eigenvalue weighted by atomic mass is 35.5. The maximum atomic E-state index is 13.0. The number of aromatic nitrogens is 4. The van der Waals surface area contributed by atoms with E-state index in [4.69, 9.17) is 11.6 Å². The molecule has 3 aromatic rings. The molecule has 0 radical (unpaired) electrons. The lowest BCUT2D eigenvalue weighted by Gasteiger charge is -2.11. The smallest absolute Gasteiger partial charge is 0.350 e. The summed E-state index contributed by atoms with van der Waals surface area (Å²) in [5.41, 5.74) is -1.04. The number of pyridine rings is 1. The maximum absolute atomic E-state index is 13.0. The van der Waals surface area contributed by atoms with Crippen LogP contribution in [0.25, 0.3) is 0 Å². The van der Waals surface area contributed by atoms with Gasteiger partial charge >= 0.3 is 6.18 Å². The molecule has 0 aliphatic rings. The second-order valence-corrected chi connectivity index (χ2v) is 7.48. The van der Waals surface area contributed by atoms with Gasteiger partial charge in [-0.15, -0.1) is 0 Å². The topological polar surface area (TPSA) is 110 Å². The molecular formula is C19H14ClF3N6O2S. The molecule has 2 N–H and O–H groups in total. The van der Waals surface area contributed by atoms with Crippen LogP contribution < -0.4 is 10.6 Å². The number of alkyl halides is 3. The van der Waals surface area contributed by atoms with E-state index in [0.29, 0.717) is 17.6 Å². The first kappa shape index (κ1) is 23.4. The van der Waals surface area contributed by atoms with E-state index >= 15 is 0 Å². The fourth-order valence-corrected chi connectivity index (χ4v) is 3.26. The van der Waals surface area contributed by atoms with E-state index in [2.05, 4.69) is 30.6 Å². The maximum Gasteiger partial charge on any atom is 0.417 e. The van der Waals surface area contributed by atoms with Crippen molar-refractivity contribution in [1.29, 1.82) is 0 Å². The number of anilines is 1. The average Bonchev–Trinajstić information content (AvgIpc) is 2.75. The monoisotopic (exact) mass is 482 g/mol. The third-order valence-corrected chi connectivity index (χ3v) is 4.97. The molecular weight excluding hydrogens is 469 g/mol. The van der Waals surface area contributed by atoms with Crippen molar-refractivity contribution < 1.29 is 22.8 Å². The lowest BCUT2D eigenvalue weighted by Crippen LogP contribution is -2.25. The van der Waals surface area contributed by atoms with Gasteiger partial charge in [0.1, 0.15) is 11.4 Å². The highest BCUT2D eigenvalue weighted by molar-refractivity contribution is 7.99. The second-order valence-electron chi connectivity index (χ2n) is 6.08. The SMILES string of the molecule is CCNC(=O)c1ncnc(Sc2ccc(NC(=O)c3ccc(Cl)c(C(F)(F)F)c3)cn2)n1. The standard InChI is InChI=1S/C19H14ClF3N6O2S/c1-2-24-17(31)15-26-9-27-18(29-15)32-14-6-4-11(8-25-14)28-16(30)10-3-5-13(20)12(7-10)19(21,22)23/h3-9H,2H2,1H3,(H,24,31)(H,28,30). The van der Waals surface area contributed by atoms with Crippen LogP contribution in [0.2, 0.25) is 5.02 Å². The lowest BCUT2D eigenvalue weighted by molar-refractivity contribution is -0.137. The van der Waals surface area contributed by atoms with Gasteiger partial charge in [-0.05, 0) is 49.0 Å². The molecule has 0 spiro atoms. The first-order valence-corrected chi connectivity index (χ1v) is 10.2. The summed E-state index contributed by atoms with van der Waals surface area (Å²) in [7, 11) is 0. The van der Waals surface area contributed by atoms with Crippen molar-refractivity contribution in [1.82, 2.24) is 25.3 Å². The quantitative estimate of drug-likeness (QED) is 0.544. The summed E-state index contributed by atoms with van der Waals surface area (Å²) in [4.78, 5) is 40.1. The molecule has 2 aromatic heterocycles. The van der Waals surface area contributed by atoms with Crippen molar-refractivity contribution in [2.24, 2.45) is 0 Å². The molecule has 3 rings (SSSR count). The molecule has 0 atom stereocenters. The van der Waals surface area contributed by atoms with Gasteiger partial charge in [-0.2, -0.15) is 18.2 Å². The zero-order chi connectivity index (χ0) is 23.3. The molecule has 166 valence electrons. The Hall–Kier alpha value is -3.25. The van der Waals surface area contributed by atoms with E-state index in [1.807, 2.05) is 0 Å². The molecule has 0 bridgehead atoms. The van der Waals surface area contributed by atoms with Gasteiger partial charge in [0.2, 0.25) is 5.82 Å². The molecule has 2 amide bonds. The lowest BCUT2D eigenvalue weighted by atomic mass is 10.1. The van der Waals surface area contributed by atoms with E-state index in [1.54, 1.807) is 13.0 Å². The van der Waals surface area contributed by atoms with Crippen molar-refractivity contribution in [3.05, 3.63) is 64.8 Å². The third kappa shape index (κ3) is 5.92. The number of hydrogen-bond acceptors (Lipinski definition) is 7. The second kappa shape index (κ2) is 9.92. The van der Waals surface area contributed by atoms with Crippen molar-refractivity contribution in [2.75, 3.05) is 11.9 Å². The minimum Gasteiger partial charge on any atom is -0.350 e. The van der Waals surface area contributed by atoms with Crippen LogP contribution in [0.3, 0.4) is 0 Å². The first-order valence-electron chi connectivity index (χ1n) is 8.96. The molecule has 13 heteroatoms. The van der Waals surface area contributed by atoms with Gasteiger partial charge in [-0.3, -0.25) is 9.59 Å². The Labute approximate surface area is 189 Å². The molecule has 8 nitrogen and oxygen atoms in total. The van der Waals surface area contributed by atoms with Crippen LogP contribution in [0.15, 0.2) is 53.0 Å². The van der Waals surface area contributed by atoms with Crippen LogP contribution in [0.5, 0.6) is 0 Å². The van der Waals surface area contributed by atoms with Gasteiger partial charge < -0.3 is 10.6 Å². The number of nitrogens with zero attached hydrogens (tertiary/aromatic N) is 4. The van der Waals surface area contributed by atoms with Gasteiger partial charge in [-0.1, -0.05) is 11.6 Å². The normalized spacial score (nSPS) is 11.2. The van der Waals surface area contributed by atoms with Gasteiger partial charge in [0.15, 0.2) is 5.16 Å². The third-order valence-electron chi connectivity index (χ3n) is 3.81. The minimum atomic E-state index is -4.68. The molecule has 0 saturated carbocycles. The summed E-state index contributed by atoms with van der Waals surface area (Å²) in [5.74, 6) is -1.22. The summed E-state index contributed by atoms with van der Waals surface area (Å²) in [6, 6.07) is 5.96. The molecule has 0 saturated heterocycles. The highest BCUT2D eigenvalue weighted by Crippen LogP contribution is 2.35. The molecule has 2 heterocycles. The Bertz CT molecular complexity index is 1140. The van der Waals surface area contributed by atoms with Crippen molar-refractivity contribution in [2.45, 2.75) is 23.3 Å². The molecule has 32 heavy (non-hydrogen) atoms. The molecule has 0 unspecified atom stereocenters. The van der Waals surface area contributed by atoms with Crippen molar-refractivity contribution in [3.63, 3.8) is 0 Å². The van der Waals surface area contributed by atoms with Gasteiger partial charge in [-0.25, -0.2) is 15.0 Å². The predicted octanol–water partition coefficient (Wildman–Crippen LogP) is 4.09. The number of hydrogen-bond donors (Lipinski definition) is 2. The number of amides is 2. The Morgan fingerprint density at radius 3 is 2.53 bits per heavy atom. The van der Waals surface area contributed by atoms with Crippen LogP contribution in [0.4, 0.5) is 18.9 Å². The Morgan fingerprint density at radius 2 is 1.88 bits per heavy atom. The summed E-state index contributed by atoms with van der Waals surface area (Å²) in [6.45, 7) is 2.19. The van der Waals surface area contributed by atoms with E-state index < -0.39 is 28.6 Å². The summed E-state index contributed by atoms with van der Waals surface area (Å²) < 4.78 is 39.0. The van der Waals surface area contributed by atoms with E-state index in [1.165, 1.54) is 24.7 Å². The van der Waals surface area contributed by atoms with E-state index in [-0.39, 0.29) is 22.2 Å². The highest BCUT2D eigenvalue weighted by Gasteiger charge is 2.33. The number of halogens is 4. The van der Waals surface area contributed by atoms with E-state index in [9.17, 15) is 22.8 Å². The van der Waals surface area contributed by atoms with Gasteiger partial charge in [0.25, 0.3) is 11.8 Å². The number of carbonyl (C=O) groups is 2. The van der Waals surface area contributed by atoms with Crippen LogP contribution in [0.1, 0.15) is 33.5 Å². The Balaban J connectivity index is 1.68. The Morgan fingerprint density at radius 1 is 1.09 bits per heavy atom. The van der Waals surface area contributed by atoms with Gasteiger partial charge in [0, 0.05) is 12.1 Å². The molecule has 0 aliphatic carbocycles. The fourth-order valence-electron chi connectivity index (χ4n) is 2.37. The molecule has 0 fully saturated rings. The predicted molar refractivity (Wildman–Crippen MR) is 111 cm³/mol. The molecule has 0 aliphatic heterocycles. The zero-order valence-corrected chi connectivity index (χ0v) is 17.8. The van der Waals surface area contributed by atoms with Crippen molar-refractivity contribution >= 4 is 40.9 Å². The van der Waals surface area contributed by atoms with Crippen LogP contribution in [-0.4, -0.2) is 38.3 Å². The first-order chi connectivity index (χ1) is 15.2. The molecule has 1 aromatic carbocycles. The Kier molecular flexibility index (Phi) is 7.26. The summed E-state index contributed by atoms with van der Waals surface area (Å²) in [6.07, 6.45) is -2.15. The number of nitrogens with one attached hydrogen (secondary N) is 2. The largest absolute Gasteiger partial charge is 0.417 e. The number of rotatable bonds is 6. The van der Waals surface area contributed by atoms with Gasteiger partial charge in [0.05, 0.1) is 22.5 Å². The summed E-state index contributed by atoms with van der Waals surface area (Å²) in [5, 5.41) is 5.26. The van der Waals surface area contributed by atoms with E-state index in [0.717, 1.165) is 17.8 Å². The fraction of sp³-hybridized carbons (Fsp3) is 0.158. The summed E-state index contributed by atoms with van der Waals surface area (Å²) >= 11 is 6.63. The zero-order valence-electron chi connectivity index (χ0n) is 16.3. The number of carbonyl (C=O) groups excluding carboxylic acids is 2. The van der Waals surface area contributed by atoms with Crippen LogP contribution in [-0.2, 0) is 6.18 Å². The average molecular weight is 483 g/mol. The van der Waals surface area contributed by atoms with Crippen LogP contribution >= 0.6 is 23.4 Å².